The molecule has 0 radical (unpaired) electrons. The van der Waals surface area contributed by atoms with Crippen LogP contribution in [0, 0.1) is 24.2 Å². The average molecular weight is 239 g/mol. The minimum absolute atomic E-state index is 0.0333. The largest absolute Gasteiger partial charge is 0.355 e. The van der Waals surface area contributed by atoms with Crippen LogP contribution in [0.1, 0.15) is 19.5 Å². The van der Waals surface area contributed by atoms with Crippen LogP contribution in [0.2, 0.25) is 5.28 Å². The Morgan fingerprint density at radius 1 is 1.56 bits per heavy atom. The topological polar surface area (TPSA) is 52.8 Å². The van der Waals surface area contributed by atoms with E-state index in [0.717, 1.165) is 18.1 Å². The molecule has 16 heavy (non-hydrogen) atoms. The van der Waals surface area contributed by atoms with Gasteiger partial charge in [-0.05, 0) is 32.4 Å². The fraction of sp³-hybridized carbons (Fsp3) is 0.545. The van der Waals surface area contributed by atoms with E-state index in [4.69, 9.17) is 16.9 Å². The van der Waals surface area contributed by atoms with E-state index < -0.39 is 0 Å². The third-order valence-corrected chi connectivity index (χ3v) is 2.40. The molecule has 1 aromatic rings. The lowest BCUT2D eigenvalue weighted by Crippen LogP contribution is -2.28. The average Bonchev–Trinajstić information content (AvgIpc) is 2.24. The second kappa shape index (κ2) is 5.66. The van der Waals surface area contributed by atoms with Gasteiger partial charge in [0.1, 0.15) is 5.82 Å². The van der Waals surface area contributed by atoms with Crippen molar-refractivity contribution in [3.05, 3.63) is 17.0 Å². The van der Waals surface area contributed by atoms with Gasteiger partial charge in [-0.1, -0.05) is 0 Å². The molecule has 0 aliphatic rings. The van der Waals surface area contributed by atoms with Gasteiger partial charge in [0.25, 0.3) is 0 Å². The lowest BCUT2D eigenvalue weighted by Gasteiger charge is -2.23. The van der Waals surface area contributed by atoms with Crippen molar-refractivity contribution in [2.45, 2.75) is 20.8 Å². The van der Waals surface area contributed by atoms with Crippen molar-refractivity contribution in [3.8, 4) is 6.07 Å². The van der Waals surface area contributed by atoms with Crippen LogP contribution >= 0.6 is 11.6 Å². The highest BCUT2D eigenvalue weighted by molar-refractivity contribution is 6.28. The molecular weight excluding hydrogens is 224 g/mol. The first-order valence-electron chi connectivity index (χ1n) is 5.22. The Hall–Kier alpha value is -1.34. The quantitative estimate of drug-likeness (QED) is 0.756. The molecule has 0 saturated heterocycles. The summed E-state index contributed by atoms with van der Waals surface area (Å²) in [7, 11) is 0. The number of aryl methyl sites for hydroxylation is 1. The van der Waals surface area contributed by atoms with E-state index in [1.165, 1.54) is 0 Å². The number of aromatic nitrogens is 2. The van der Waals surface area contributed by atoms with E-state index in [-0.39, 0.29) is 11.2 Å². The molecule has 0 aromatic carbocycles. The molecule has 0 bridgehead atoms. The Labute approximate surface area is 101 Å². The summed E-state index contributed by atoms with van der Waals surface area (Å²) in [4.78, 5) is 10.2. The SMILES string of the molecule is CCN(CC(C)C#N)c1cc(C)nc(Cl)n1. The number of anilines is 1. The first-order chi connectivity index (χ1) is 7.56. The van der Waals surface area contributed by atoms with Crippen molar-refractivity contribution in [1.29, 1.82) is 5.26 Å². The van der Waals surface area contributed by atoms with Crippen LogP contribution in [0.25, 0.3) is 0 Å². The van der Waals surface area contributed by atoms with Crippen LogP contribution in [0.15, 0.2) is 6.07 Å². The Bertz CT molecular complexity index is 379. The highest BCUT2D eigenvalue weighted by Crippen LogP contribution is 2.16. The molecule has 1 heterocycles. The van der Waals surface area contributed by atoms with Crippen LogP contribution in [0.3, 0.4) is 0 Å². The van der Waals surface area contributed by atoms with Crippen molar-refractivity contribution < 1.29 is 0 Å². The Morgan fingerprint density at radius 2 is 2.25 bits per heavy atom. The third-order valence-electron chi connectivity index (χ3n) is 2.23. The van der Waals surface area contributed by atoms with Gasteiger partial charge in [-0.2, -0.15) is 5.26 Å². The highest BCUT2D eigenvalue weighted by Gasteiger charge is 2.11. The molecule has 0 spiro atoms. The number of nitrogens with zero attached hydrogens (tertiary/aromatic N) is 4. The molecule has 0 fully saturated rings. The van der Waals surface area contributed by atoms with E-state index in [1.807, 2.05) is 31.7 Å². The van der Waals surface area contributed by atoms with Crippen molar-refractivity contribution in [2.75, 3.05) is 18.0 Å². The summed E-state index contributed by atoms with van der Waals surface area (Å²) in [6.45, 7) is 7.23. The molecule has 1 atom stereocenters. The monoisotopic (exact) mass is 238 g/mol. The number of nitriles is 1. The first kappa shape index (κ1) is 12.7. The van der Waals surface area contributed by atoms with Crippen LogP contribution in [0.4, 0.5) is 5.82 Å². The first-order valence-corrected chi connectivity index (χ1v) is 5.60. The summed E-state index contributed by atoms with van der Waals surface area (Å²) in [5.74, 6) is 0.746. The van der Waals surface area contributed by atoms with E-state index in [2.05, 4.69) is 16.0 Å². The zero-order chi connectivity index (χ0) is 12.1. The van der Waals surface area contributed by atoms with Crippen molar-refractivity contribution in [1.82, 2.24) is 9.97 Å². The summed E-state index contributed by atoms with van der Waals surface area (Å²) >= 11 is 5.81. The molecule has 1 rings (SSSR count). The molecular formula is C11H15ClN4. The van der Waals surface area contributed by atoms with Gasteiger partial charge in [-0.25, -0.2) is 9.97 Å². The second-order valence-corrected chi connectivity index (χ2v) is 4.04. The Kier molecular flexibility index (Phi) is 4.51. The van der Waals surface area contributed by atoms with Crippen molar-refractivity contribution in [2.24, 2.45) is 5.92 Å². The predicted octanol–water partition coefficient (Wildman–Crippen LogP) is 2.42. The maximum Gasteiger partial charge on any atom is 0.224 e. The number of hydrogen-bond donors (Lipinski definition) is 0. The fourth-order valence-corrected chi connectivity index (χ4v) is 1.65. The zero-order valence-electron chi connectivity index (χ0n) is 9.74. The van der Waals surface area contributed by atoms with E-state index in [0.29, 0.717) is 6.54 Å². The summed E-state index contributed by atoms with van der Waals surface area (Å²) in [5.41, 5.74) is 0.832. The van der Waals surface area contributed by atoms with E-state index in [9.17, 15) is 0 Å². The number of halogens is 1. The van der Waals surface area contributed by atoms with Gasteiger partial charge < -0.3 is 4.90 Å². The molecule has 1 aromatic heterocycles. The smallest absolute Gasteiger partial charge is 0.224 e. The highest BCUT2D eigenvalue weighted by atomic mass is 35.5. The molecule has 0 aliphatic carbocycles. The standard InChI is InChI=1S/C11H15ClN4/c1-4-16(7-8(2)6-13)10-5-9(3)14-11(12)15-10/h5,8H,4,7H2,1-3H3. The van der Waals surface area contributed by atoms with Crippen LogP contribution in [0.5, 0.6) is 0 Å². The van der Waals surface area contributed by atoms with Gasteiger partial charge in [-0.3, -0.25) is 0 Å². The molecule has 0 N–H and O–H groups in total. The predicted molar refractivity (Wildman–Crippen MR) is 64.4 cm³/mol. The summed E-state index contributed by atoms with van der Waals surface area (Å²) in [5, 5.41) is 9.05. The molecule has 1 unspecified atom stereocenters. The van der Waals surface area contributed by atoms with Crippen LogP contribution in [-0.4, -0.2) is 23.1 Å². The Balaban J connectivity index is 2.91. The molecule has 0 aliphatic heterocycles. The maximum absolute atomic E-state index is 8.80. The minimum Gasteiger partial charge on any atom is -0.355 e. The summed E-state index contributed by atoms with van der Waals surface area (Å²) in [6, 6.07) is 4.09. The summed E-state index contributed by atoms with van der Waals surface area (Å²) < 4.78 is 0. The lowest BCUT2D eigenvalue weighted by molar-refractivity contribution is 0.678. The van der Waals surface area contributed by atoms with Gasteiger partial charge in [0.15, 0.2) is 0 Å². The number of rotatable bonds is 4. The van der Waals surface area contributed by atoms with Crippen molar-refractivity contribution >= 4 is 17.4 Å². The molecule has 4 nitrogen and oxygen atoms in total. The second-order valence-electron chi connectivity index (χ2n) is 3.71. The van der Waals surface area contributed by atoms with Crippen LogP contribution in [-0.2, 0) is 0 Å². The molecule has 0 amide bonds. The Morgan fingerprint density at radius 3 is 2.75 bits per heavy atom. The normalized spacial score (nSPS) is 11.9. The minimum atomic E-state index is -0.0333. The molecule has 86 valence electrons. The van der Waals surface area contributed by atoms with Gasteiger partial charge in [0.05, 0.1) is 12.0 Å². The van der Waals surface area contributed by atoms with Gasteiger partial charge in [0.2, 0.25) is 5.28 Å². The van der Waals surface area contributed by atoms with E-state index in [1.54, 1.807) is 0 Å². The van der Waals surface area contributed by atoms with Crippen molar-refractivity contribution in [3.63, 3.8) is 0 Å². The van der Waals surface area contributed by atoms with E-state index >= 15 is 0 Å². The maximum atomic E-state index is 8.80. The summed E-state index contributed by atoms with van der Waals surface area (Å²) in [6.07, 6.45) is 0. The van der Waals surface area contributed by atoms with Gasteiger partial charge in [-0.15, -0.1) is 0 Å². The third kappa shape index (κ3) is 3.35. The zero-order valence-corrected chi connectivity index (χ0v) is 10.5. The van der Waals surface area contributed by atoms with Gasteiger partial charge in [0, 0.05) is 24.8 Å². The lowest BCUT2D eigenvalue weighted by atomic mass is 10.2. The van der Waals surface area contributed by atoms with Crippen LogP contribution < -0.4 is 4.90 Å². The molecule has 5 heteroatoms. The molecule has 0 saturated carbocycles. The number of hydrogen-bond acceptors (Lipinski definition) is 4. The fourth-order valence-electron chi connectivity index (χ4n) is 1.43. The van der Waals surface area contributed by atoms with Gasteiger partial charge >= 0.3 is 0 Å².